The lowest BCUT2D eigenvalue weighted by molar-refractivity contribution is -0.400. The number of nitrogens with zero attached hydrogens (tertiary/aromatic N) is 2. The molecule has 0 aliphatic heterocycles. The van der Waals surface area contributed by atoms with Gasteiger partial charge in [0.1, 0.15) is 5.75 Å². The highest BCUT2D eigenvalue weighted by atomic mass is 16.9. The Morgan fingerprint density at radius 2 is 1.35 bits per heavy atom. The van der Waals surface area contributed by atoms with Gasteiger partial charge in [-0.2, -0.15) is 5.11 Å². The first-order chi connectivity index (χ1) is 22.3. The third-order valence-electron chi connectivity index (χ3n) is 7.44. The van der Waals surface area contributed by atoms with Crippen molar-refractivity contribution in [2.45, 2.75) is 86.0 Å². The molecule has 0 radical (unpaired) electrons. The second-order valence-electron chi connectivity index (χ2n) is 10.9. The van der Waals surface area contributed by atoms with Gasteiger partial charge in [-0.05, 0) is 76.4 Å². The van der Waals surface area contributed by atoms with Crippen LogP contribution < -0.4 is 4.74 Å². The largest absolute Gasteiger partial charge is 0.494 e. The molecule has 0 aliphatic carbocycles. The molecule has 1 N–H and O–H groups in total. The highest BCUT2D eigenvalue weighted by Crippen LogP contribution is 2.34. The van der Waals surface area contributed by atoms with Crippen LogP contribution in [0.15, 0.2) is 89.1 Å². The summed E-state index contributed by atoms with van der Waals surface area (Å²) in [4.78, 5) is 11.6. The molecule has 8 nitrogen and oxygen atoms in total. The quantitative estimate of drug-likeness (QED) is 0.0754. The van der Waals surface area contributed by atoms with Crippen molar-refractivity contribution < 1.29 is 28.8 Å². The Balaban J connectivity index is 0.000000320. The molecule has 0 aromatic heterocycles. The zero-order valence-corrected chi connectivity index (χ0v) is 28.6. The molecule has 3 aromatic carbocycles. The van der Waals surface area contributed by atoms with Gasteiger partial charge in [-0.15, -0.1) is 5.11 Å². The van der Waals surface area contributed by atoms with E-state index in [-0.39, 0.29) is 11.8 Å². The molecule has 252 valence electrons. The van der Waals surface area contributed by atoms with E-state index in [9.17, 15) is 9.90 Å². The van der Waals surface area contributed by atoms with Crippen LogP contribution in [0.5, 0.6) is 5.75 Å². The minimum atomic E-state index is -1.14. The monoisotopic (exact) mass is 634 g/mol. The van der Waals surface area contributed by atoms with E-state index in [0.717, 1.165) is 53.9 Å². The molecule has 3 rings (SSSR count). The Morgan fingerprint density at radius 1 is 0.739 bits per heavy atom. The lowest BCUT2D eigenvalue weighted by Crippen LogP contribution is -2.46. The lowest BCUT2D eigenvalue weighted by atomic mass is 9.89. The van der Waals surface area contributed by atoms with Crippen LogP contribution in [0, 0.1) is 11.8 Å². The summed E-state index contributed by atoms with van der Waals surface area (Å²) in [6.45, 7) is 13.8. The number of carbonyl (C=O) groups is 1. The highest BCUT2D eigenvalue weighted by molar-refractivity contribution is 5.76. The highest BCUT2D eigenvalue weighted by Gasteiger charge is 2.41. The van der Waals surface area contributed by atoms with E-state index >= 15 is 0 Å². The SMILES string of the molecule is CCCCCCC(CC(C)C(OCC)(OCC)OCC)C(=O)O.CCOc1ccc(-c2ccccc2N=Nc2ccccc2)cc1. The number of hydrogen-bond donors (Lipinski definition) is 1. The third kappa shape index (κ3) is 13.0. The predicted molar refractivity (Wildman–Crippen MR) is 185 cm³/mol. The molecule has 0 fully saturated rings. The summed E-state index contributed by atoms with van der Waals surface area (Å²) in [5, 5.41) is 18.2. The summed E-state index contributed by atoms with van der Waals surface area (Å²) < 4.78 is 22.8. The van der Waals surface area contributed by atoms with Gasteiger partial charge in [-0.1, -0.05) is 88.1 Å². The first kappa shape index (κ1) is 38.6. The van der Waals surface area contributed by atoms with Gasteiger partial charge in [0.25, 0.3) is 5.97 Å². The Kier molecular flexibility index (Phi) is 18.5. The van der Waals surface area contributed by atoms with E-state index in [0.29, 0.717) is 39.3 Å². The molecular formula is C38H54N2O6. The predicted octanol–water partition coefficient (Wildman–Crippen LogP) is 10.6. The Hall–Kier alpha value is -3.59. The first-order valence-corrected chi connectivity index (χ1v) is 16.8. The minimum absolute atomic E-state index is 0.158. The van der Waals surface area contributed by atoms with Crippen molar-refractivity contribution in [1.82, 2.24) is 0 Å². The van der Waals surface area contributed by atoms with Crippen molar-refractivity contribution >= 4 is 17.3 Å². The molecule has 0 spiro atoms. The maximum atomic E-state index is 11.6. The number of aliphatic carboxylic acids is 1. The number of hydrogen-bond acceptors (Lipinski definition) is 7. The zero-order chi connectivity index (χ0) is 33.6. The van der Waals surface area contributed by atoms with Crippen LogP contribution in [-0.2, 0) is 19.0 Å². The zero-order valence-electron chi connectivity index (χ0n) is 28.6. The number of ether oxygens (including phenoxy) is 4. The average Bonchev–Trinajstić information content (AvgIpc) is 3.07. The maximum Gasteiger partial charge on any atom is 0.306 e. The minimum Gasteiger partial charge on any atom is -0.494 e. The summed E-state index contributed by atoms with van der Waals surface area (Å²) >= 11 is 0. The van der Waals surface area contributed by atoms with Gasteiger partial charge in [0, 0.05) is 31.3 Å². The average molecular weight is 635 g/mol. The van der Waals surface area contributed by atoms with Crippen molar-refractivity contribution in [2.24, 2.45) is 22.1 Å². The fourth-order valence-corrected chi connectivity index (χ4v) is 5.19. The van der Waals surface area contributed by atoms with Gasteiger partial charge >= 0.3 is 5.97 Å². The summed E-state index contributed by atoms with van der Waals surface area (Å²) in [5.74, 6) is -1.56. The molecule has 0 amide bonds. The van der Waals surface area contributed by atoms with Gasteiger partial charge < -0.3 is 24.1 Å². The number of benzene rings is 3. The topological polar surface area (TPSA) is 98.9 Å². The molecule has 0 saturated heterocycles. The molecular weight excluding hydrogens is 580 g/mol. The van der Waals surface area contributed by atoms with Gasteiger partial charge in [0.15, 0.2) is 0 Å². The molecule has 0 aliphatic rings. The second kappa shape index (κ2) is 22.0. The summed E-state index contributed by atoms with van der Waals surface area (Å²) in [6.07, 6.45) is 5.52. The summed E-state index contributed by atoms with van der Waals surface area (Å²) in [5.41, 5.74) is 3.83. The van der Waals surface area contributed by atoms with Crippen LogP contribution in [0.2, 0.25) is 0 Å². The Morgan fingerprint density at radius 3 is 1.91 bits per heavy atom. The van der Waals surface area contributed by atoms with Crippen molar-refractivity contribution in [3.05, 3.63) is 78.9 Å². The number of carboxylic acid groups (broad SMARTS) is 1. The number of rotatable bonds is 20. The molecule has 8 heteroatoms. The van der Waals surface area contributed by atoms with Gasteiger partial charge in [-0.25, -0.2) is 0 Å². The van der Waals surface area contributed by atoms with E-state index in [1.54, 1.807) is 0 Å². The summed E-state index contributed by atoms with van der Waals surface area (Å²) in [7, 11) is 0. The number of azo groups is 1. The van der Waals surface area contributed by atoms with Crippen molar-refractivity contribution in [2.75, 3.05) is 26.4 Å². The van der Waals surface area contributed by atoms with Crippen LogP contribution >= 0.6 is 0 Å². The standard InChI is InChI=1S/C20H18N2O.C18H36O5/c1-2-23-18-14-12-16(13-15-18)19-10-6-7-11-20(19)22-21-17-8-4-3-5-9-17;1-6-10-11-12-13-16(17(19)20)14-15(5)18(21-7-2,22-8-3)23-9-4/h3-15H,2H2,1H3;15-16H,6-14H2,1-5H3,(H,19,20). The van der Waals surface area contributed by atoms with E-state index < -0.39 is 11.9 Å². The number of unbranched alkanes of at least 4 members (excludes halogenated alkanes) is 3. The fraction of sp³-hybridized carbons (Fsp3) is 0.500. The normalized spacial score (nSPS) is 12.7. The van der Waals surface area contributed by atoms with Gasteiger partial charge in [0.05, 0.1) is 23.9 Å². The summed E-state index contributed by atoms with van der Waals surface area (Å²) in [6, 6.07) is 25.8. The van der Waals surface area contributed by atoms with Gasteiger partial charge in [0.2, 0.25) is 0 Å². The molecule has 2 atom stereocenters. The van der Waals surface area contributed by atoms with Gasteiger partial charge in [-0.3, -0.25) is 4.79 Å². The molecule has 46 heavy (non-hydrogen) atoms. The Bertz CT molecular complexity index is 1250. The van der Waals surface area contributed by atoms with Crippen LogP contribution in [0.3, 0.4) is 0 Å². The van der Waals surface area contributed by atoms with E-state index in [1.165, 1.54) is 0 Å². The van der Waals surface area contributed by atoms with E-state index in [2.05, 4.69) is 23.2 Å². The molecule has 0 bridgehead atoms. The smallest absolute Gasteiger partial charge is 0.306 e. The number of carboxylic acids is 1. The van der Waals surface area contributed by atoms with Crippen molar-refractivity contribution in [3.63, 3.8) is 0 Å². The molecule has 3 aromatic rings. The van der Waals surface area contributed by atoms with Crippen molar-refractivity contribution in [3.8, 4) is 16.9 Å². The Labute approximate surface area is 276 Å². The van der Waals surface area contributed by atoms with Crippen LogP contribution in [0.25, 0.3) is 11.1 Å². The first-order valence-electron chi connectivity index (χ1n) is 16.8. The fourth-order valence-electron chi connectivity index (χ4n) is 5.19. The molecule has 0 saturated carbocycles. The van der Waals surface area contributed by atoms with E-state index in [4.69, 9.17) is 18.9 Å². The van der Waals surface area contributed by atoms with Crippen molar-refractivity contribution in [1.29, 1.82) is 0 Å². The van der Waals surface area contributed by atoms with Crippen LogP contribution in [0.1, 0.15) is 80.1 Å². The van der Waals surface area contributed by atoms with Crippen LogP contribution in [-0.4, -0.2) is 43.5 Å². The van der Waals surface area contributed by atoms with E-state index in [1.807, 2.05) is 107 Å². The third-order valence-corrected chi connectivity index (χ3v) is 7.44. The molecule has 2 unspecified atom stereocenters. The van der Waals surface area contributed by atoms with Crippen LogP contribution in [0.4, 0.5) is 11.4 Å². The molecule has 0 heterocycles. The maximum absolute atomic E-state index is 11.6. The second-order valence-corrected chi connectivity index (χ2v) is 10.9. The lowest BCUT2D eigenvalue weighted by Gasteiger charge is -2.38.